The van der Waals surface area contributed by atoms with Gasteiger partial charge in [0.1, 0.15) is 30.2 Å². The summed E-state index contributed by atoms with van der Waals surface area (Å²) in [6.45, 7) is 8.84. The average Bonchev–Trinajstić information content (AvgIpc) is 3.29. The molecule has 3 aliphatic rings. The number of hydrogen-bond acceptors (Lipinski definition) is 10. The van der Waals surface area contributed by atoms with Crippen LogP contribution >= 0.6 is 0 Å². The van der Waals surface area contributed by atoms with E-state index in [0.717, 1.165) is 0 Å². The summed E-state index contributed by atoms with van der Waals surface area (Å²) in [4.78, 5) is 44.1. The van der Waals surface area contributed by atoms with E-state index >= 15 is 0 Å². The minimum atomic E-state index is -1.64. The molecule has 6 rings (SSSR count). The number of fused-ring (bicyclic) bond motifs is 3. The van der Waals surface area contributed by atoms with Crippen LogP contribution in [0.1, 0.15) is 61.6 Å². The quantitative estimate of drug-likeness (QED) is 0.429. The third kappa shape index (κ3) is 5.78. The predicted molar refractivity (Wildman–Crippen MR) is 156 cm³/mol. The second-order valence-corrected chi connectivity index (χ2v) is 12.1. The van der Waals surface area contributed by atoms with Crippen molar-refractivity contribution in [1.82, 2.24) is 9.55 Å². The molecule has 1 N–H and O–H groups in total. The van der Waals surface area contributed by atoms with Crippen LogP contribution in [0.4, 0.5) is 5.82 Å². The van der Waals surface area contributed by atoms with Crippen molar-refractivity contribution in [3.63, 3.8) is 0 Å². The summed E-state index contributed by atoms with van der Waals surface area (Å²) in [6, 6.07) is 18.5. The molecule has 12 nitrogen and oxygen atoms in total. The maximum atomic E-state index is 13.6. The molecule has 3 fully saturated rings. The zero-order valence-electron chi connectivity index (χ0n) is 25.1. The molecule has 2 unspecified atom stereocenters. The third-order valence-corrected chi connectivity index (χ3v) is 7.88. The first kappa shape index (κ1) is 30.1. The van der Waals surface area contributed by atoms with Gasteiger partial charge in [-0.1, -0.05) is 36.4 Å². The van der Waals surface area contributed by atoms with Crippen molar-refractivity contribution in [3.8, 4) is 0 Å². The number of nitrogens with zero attached hydrogens (tertiary/aromatic N) is 2. The fourth-order valence-corrected chi connectivity index (χ4v) is 5.85. The van der Waals surface area contributed by atoms with Crippen molar-refractivity contribution in [2.45, 2.75) is 82.4 Å². The van der Waals surface area contributed by atoms with Crippen molar-refractivity contribution in [1.29, 1.82) is 0 Å². The molecule has 0 spiro atoms. The van der Waals surface area contributed by atoms with Gasteiger partial charge in [0.05, 0.1) is 12.2 Å². The highest BCUT2D eigenvalue weighted by Gasteiger charge is 2.65. The SMILES string of the molecule is CC1(C)OCC2O[C@@H](n3ccc(NC(=O)c4ccccc4)nc3=O)[C@](C)(OC(=O)c3ccccc3)C3OC(C)(C)O[C@H]3[C@@H]2O1. The molecule has 232 valence electrons. The Bertz CT molecular complexity index is 1590. The Balaban J connectivity index is 1.42. The van der Waals surface area contributed by atoms with Gasteiger partial charge in [-0.05, 0) is 65.0 Å². The van der Waals surface area contributed by atoms with Crippen LogP contribution in [0.15, 0.2) is 77.7 Å². The molecule has 0 saturated carbocycles. The first-order valence-corrected chi connectivity index (χ1v) is 14.4. The minimum Gasteiger partial charge on any atom is -0.448 e. The van der Waals surface area contributed by atoms with E-state index in [1.807, 2.05) is 0 Å². The number of benzene rings is 2. The second-order valence-electron chi connectivity index (χ2n) is 12.1. The van der Waals surface area contributed by atoms with Crippen LogP contribution in [-0.2, 0) is 28.4 Å². The van der Waals surface area contributed by atoms with Crippen molar-refractivity contribution >= 4 is 17.7 Å². The van der Waals surface area contributed by atoms with E-state index in [9.17, 15) is 14.4 Å². The van der Waals surface area contributed by atoms with Gasteiger partial charge in [0.2, 0.25) is 0 Å². The predicted octanol–water partition coefficient (Wildman–Crippen LogP) is 3.68. The van der Waals surface area contributed by atoms with Gasteiger partial charge in [0, 0.05) is 11.8 Å². The molecule has 0 bridgehead atoms. The molecule has 4 heterocycles. The van der Waals surface area contributed by atoms with E-state index < -0.39 is 65.4 Å². The van der Waals surface area contributed by atoms with Gasteiger partial charge in [-0.3, -0.25) is 9.36 Å². The van der Waals surface area contributed by atoms with Gasteiger partial charge in [0.15, 0.2) is 23.4 Å². The number of amides is 1. The highest BCUT2D eigenvalue weighted by atomic mass is 16.8. The number of anilines is 1. The zero-order valence-corrected chi connectivity index (χ0v) is 25.1. The van der Waals surface area contributed by atoms with Crippen LogP contribution in [0.3, 0.4) is 0 Å². The Hall–Kier alpha value is -3.94. The fourth-order valence-electron chi connectivity index (χ4n) is 5.85. The largest absolute Gasteiger partial charge is 0.448 e. The van der Waals surface area contributed by atoms with Gasteiger partial charge in [-0.2, -0.15) is 4.98 Å². The Morgan fingerprint density at radius 3 is 2.16 bits per heavy atom. The Labute approximate surface area is 254 Å². The van der Waals surface area contributed by atoms with Crippen molar-refractivity contribution < 1.29 is 38.0 Å². The lowest BCUT2D eigenvalue weighted by atomic mass is 9.89. The van der Waals surface area contributed by atoms with Crippen LogP contribution in [-0.4, -0.2) is 69.6 Å². The summed E-state index contributed by atoms with van der Waals surface area (Å²) in [5.41, 5.74) is -1.69. The monoisotopic (exact) mass is 605 g/mol. The first-order valence-electron chi connectivity index (χ1n) is 14.4. The Kier molecular flexibility index (Phi) is 7.67. The highest BCUT2D eigenvalue weighted by molar-refractivity contribution is 6.03. The normalized spacial score (nSPS) is 30.3. The zero-order chi connectivity index (χ0) is 31.3. The molecule has 1 aromatic heterocycles. The van der Waals surface area contributed by atoms with Gasteiger partial charge in [-0.25, -0.2) is 9.59 Å². The lowest BCUT2D eigenvalue weighted by molar-refractivity contribution is -0.334. The molecular formula is C32H35N3O9. The number of nitrogens with one attached hydrogen (secondary N) is 1. The molecule has 0 aliphatic carbocycles. The molecule has 3 aliphatic heterocycles. The fraction of sp³-hybridized carbons (Fsp3) is 0.438. The maximum Gasteiger partial charge on any atom is 0.351 e. The van der Waals surface area contributed by atoms with Crippen LogP contribution in [0.5, 0.6) is 0 Å². The maximum absolute atomic E-state index is 13.6. The molecule has 12 heteroatoms. The van der Waals surface area contributed by atoms with E-state index in [1.54, 1.807) is 95.3 Å². The number of hydrogen-bond donors (Lipinski definition) is 1. The molecule has 3 aromatic rings. The highest BCUT2D eigenvalue weighted by Crippen LogP contribution is 2.48. The molecule has 0 radical (unpaired) electrons. The summed E-state index contributed by atoms with van der Waals surface area (Å²) in [5, 5.41) is 2.64. The summed E-state index contributed by atoms with van der Waals surface area (Å²) in [6.07, 6.45) is -2.96. The standard InChI is InChI=1S/C32H35N3O9/c1-30(2)39-18-21-23(41-30)24-25(43-31(3,4)42-24)32(5,44-27(37)20-14-10-7-11-15-20)28(40-21)35-17-16-22(34-29(35)38)33-26(36)19-12-8-6-9-13-19/h6-17,21,23-25,28H,18H2,1-5H3,(H,33,34,36,38)/t21?,23-,24+,25?,28-,32-/m1/s1. The third-order valence-electron chi connectivity index (χ3n) is 7.88. The van der Waals surface area contributed by atoms with E-state index in [2.05, 4.69) is 10.3 Å². The van der Waals surface area contributed by atoms with Gasteiger partial charge in [0.25, 0.3) is 5.91 Å². The van der Waals surface area contributed by atoms with Gasteiger partial charge in [-0.15, -0.1) is 0 Å². The molecule has 6 atom stereocenters. The molecular weight excluding hydrogens is 570 g/mol. The summed E-state index contributed by atoms with van der Waals surface area (Å²) >= 11 is 0. The van der Waals surface area contributed by atoms with E-state index in [0.29, 0.717) is 11.1 Å². The number of carbonyl (C=O) groups is 2. The number of esters is 1. The van der Waals surface area contributed by atoms with E-state index in [1.165, 1.54) is 16.8 Å². The van der Waals surface area contributed by atoms with Gasteiger partial charge < -0.3 is 33.7 Å². The lowest BCUT2D eigenvalue weighted by Crippen LogP contribution is -2.58. The Morgan fingerprint density at radius 2 is 1.50 bits per heavy atom. The van der Waals surface area contributed by atoms with Crippen LogP contribution in [0.25, 0.3) is 0 Å². The Morgan fingerprint density at radius 1 is 0.864 bits per heavy atom. The molecule has 2 aromatic carbocycles. The van der Waals surface area contributed by atoms with Crippen LogP contribution in [0.2, 0.25) is 0 Å². The van der Waals surface area contributed by atoms with E-state index in [4.69, 9.17) is 28.4 Å². The summed E-state index contributed by atoms with van der Waals surface area (Å²) in [7, 11) is 0. The number of carbonyl (C=O) groups excluding carboxylic acids is 2. The van der Waals surface area contributed by atoms with Crippen molar-refractivity contribution in [3.05, 3.63) is 94.5 Å². The second kappa shape index (κ2) is 11.2. The smallest absolute Gasteiger partial charge is 0.351 e. The topological polar surface area (TPSA) is 136 Å². The average molecular weight is 606 g/mol. The van der Waals surface area contributed by atoms with Crippen LogP contribution < -0.4 is 11.0 Å². The lowest BCUT2D eigenvalue weighted by Gasteiger charge is -2.42. The number of rotatable bonds is 5. The molecule has 44 heavy (non-hydrogen) atoms. The minimum absolute atomic E-state index is 0.0418. The van der Waals surface area contributed by atoms with Gasteiger partial charge >= 0.3 is 11.7 Å². The number of aromatic nitrogens is 2. The molecule has 1 amide bonds. The van der Waals surface area contributed by atoms with Crippen LogP contribution in [0, 0.1) is 0 Å². The number of ether oxygens (including phenoxy) is 6. The van der Waals surface area contributed by atoms with Crippen molar-refractivity contribution in [2.24, 2.45) is 0 Å². The summed E-state index contributed by atoms with van der Waals surface area (Å²) < 4.78 is 39.1. The summed E-state index contributed by atoms with van der Waals surface area (Å²) in [5.74, 6) is -3.07. The first-order chi connectivity index (χ1) is 20.9. The molecule has 3 saturated heterocycles. The van der Waals surface area contributed by atoms with Crippen molar-refractivity contribution in [2.75, 3.05) is 11.9 Å². The van der Waals surface area contributed by atoms with E-state index in [-0.39, 0.29) is 12.4 Å².